The minimum atomic E-state index is -2.24. The summed E-state index contributed by atoms with van der Waals surface area (Å²) < 4.78 is 51.0. The lowest BCUT2D eigenvalue weighted by Crippen LogP contribution is -2.29. The van der Waals surface area contributed by atoms with Gasteiger partial charge in [-0.2, -0.15) is 5.10 Å². The first kappa shape index (κ1) is 21.9. The molecule has 0 radical (unpaired) electrons. The molecule has 2 N–H and O–H groups in total. The smallest absolute Gasteiger partial charge is 0.338 e. The van der Waals surface area contributed by atoms with Crippen LogP contribution in [0.2, 0.25) is 0 Å². The van der Waals surface area contributed by atoms with Gasteiger partial charge in [-0.15, -0.1) is 0 Å². The van der Waals surface area contributed by atoms with Gasteiger partial charge >= 0.3 is 5.97 Å². The van der Waals surface area contributed by atoms with Crippen LogP contribution in [0.1, 0.15) is 25.1 Å². The van der Waals surface area contributed by atoms with E-state index in [1.807, 2.05) is 13.8 Å². The highest BCUT2D eigenvalue weighted by molar-refractivity contribution is 6.00. The first-order valence-electron chi connectivity index (χ1n) is 9.96. The molecule has 0 amide bonds. The minimum absolute atomic E-state index is 0.0918. The predicted molar refractivity (Wildman–Crippen MR) is 114 cm³/mol. The van der Waals surface area contributed by atoms with Crippen molar-refractivity contribution in [3.05, 3.63) is 59.4 Å². The molecule has 0 fully saturated rings. The summed E-state index contributed by atoms with van der Waals surface area (Å²) in [6, 6.07) is 7.31. The number of aliphatic carboxylic acids is 1. The Kier molecular flexibility index (Phi) is 5.46. The van der Waals surface area contributed by atoms with E-state index in [9.17, 15) is 18.7 Å². The van der Waals surface area contributed by atoms with Crippen molar-refractivity contribution in [3.8, 4) is 5.69 Å². The quantitative estimate of drug-likeness (QED) is 0.433. The first-order valence-corrected chi connectivity index (χ1v) is 9.96. The molecule has 4 rings (SSSR count). The number of halogens is 3. The Labute approximate surface area is 181 Å². The highest BCUT2D eigenvalue weighted by Gasteiger charge is 2.35. The molecule has 0 spiro atoms. The maximum atomic E-state index is 15.7. The number of hydrogen-bond acceptors (Lipinski definition) is 3. The highest BCUT2D eigenvalue weighted by atomic mass is 19.1. The van der Waals surface area contributed by atoms with Crippen LogP contribution in [0, 0.1) is 11.6 Å². The van der Waals surface area contributed by atoms with E-state index < -0.39 is 35.6 Å². The lowest BCUT2D eigenvalue weighted by atomic mass is 9.85. The van der Waals surface area contributed by atoms with Crippen LogP contribution in [-0.2, 0) is 21.4 Å². The molecule has 2 heterocycles. The molecule has 32 heavy (non-hydrogen) atoms. The second-order valence-electron chi connectivity index (χ2n) is 8.38. The number of nitrogens with one attached hydrogen (secondary N) is 1. The molecule has 0 saturated heterocycles. The lowest BCUT2D eigenvalue weighted by Gasteiger charge is -2.28. The van der Waals surface area contributed by atoms with Gasteiger partial charge in [0.05, 0.1) is 18.3 Å². The number of methoxy groups -OCH3 is 1. The SMILES string of the molecule is COCC(C)(C)c1c(C[C@@H](F)C(=O)O)c2c(F)c3[nH]ncc3cc2n1-c1ccc(F)cc1. The fourth-order valence-electron chi connectivity index (χ4n) is 4.34. The summed E-state index contributed by atoms with van der Waals surface area (Å²) in [4.78, 5) is 11.3. The second kappa shape index (κ2) is 7.98. The van der Waals surface area contributed by atoms with Gasteiger partial charge in [0.15, 0.2) is 5.82 Å². The number of nitrogens with zero attached hydrogens (tertiary/aromatic N) is 2. The van der Waals surface area contributed by atoms with Gasteiger partial charge < -0.3 is 14.4 Å². The molecule has 4 aromatic rings. The number of H-pyrrole nitrogens is 1. The van der Waals surface area contributed by atoms with E-state index in [2.05, 4.69) is 10.2 Å². The van der Waals surface area contributed by atoms with Crippen LogP contribution in [0.15, 0.2) is 36.5 Å². The average Bonchev–Trinajstić information content (AvgIpc) is 3.32. The number of benzene rings is 2. The highest BCUT2D eigenvalue weighted by Crippen LogP contribution is 2.41. The van der Waals surface area contributed by atoms with Crippen LogP contribution >= 0.6 is 0 Å². The fraction of sp³-hybridized carbons (Fsp3) is 0.304. The van der Waals surface area contributed by atoms with E-state index >= 15 is 4.39 Å². The van der Waals surface area contributed by atoms with Crippen LogP contribution in [-0.4, -0.2) is 45.7 Å². The molecule has 1 atom stereocenters. The Morgan fingerprint density at radius 2 is 1.97 bits per heavy atom. The largest absolute Gasteiger partial charge is 0.479 e. The Hall–Kier alpha value is -3.33. The normalized spacial score (nSPS) is 13.2. The van der Waals surface area contributed by atoms with Gasteiger partial charge in [-0.05, 0) is 35.9 Å². The van der Waals surface area contributed by atoms with Gasteiger partial charge in [-0.1, -0.05) is 13.8 Å². The van der Waals surface area contributed by atoms with Gasteiger partial charge in [0.2, 0.25) is 6.17 Å². The molecule has 2 aromatic heterocycles. The first-order chi connectivity index (χ1) is 15.2. The fourth-order valence-corrected chi connectivity index (χ4v) is 4.34. The number of carboxylic acid groups (broad SMARTS) is 1. The Balaban J connectivity index is 2.18. The van der Waals surface area contributed by atoms with Gasteiger partial charge in [0, 0.05) is 41.1 Å². The zero-order valence-electron chi connectivity index (χ0n) is 17.7. The van der Waals surface area contributed by atoms with Gasteiger partial charge in [-0.3, -0.25) is 5.10 Å². The van der Waals surface area contributed by atoms with Crippen LogP contribution in [0.3, 0.4) is 0 Å². The molecular formula is C23H22F3N3O3. The number of rotatable bonds is 7. The van der Waals surface area contributed by atoms with Crippen molar-refractivity contribution in [2.24, 2.45) is 0 Å². The van der Waals surface area contributed by atoms with Crippen LogP contribution in [0.4, 0.5) is 13.2 Å². The number of carboxylic acids is 1. The molecule has 0 saturated carbocycles. The van der Waals surface area contributed by atoms with Crippen molar-refractivity contribution in [3.63, 3.8) is 0 Å². The second-order valence-corrected chi connectivity index (χ2v) is 8.38. The van der Waals surface area contributed by atoms with Crippen LogP contribution < -0.4 is 0 Å². The summed E-state index contributed by atoms with van der Waals surface area (Å²) in [6.45, 7) is 3.88. The molecule has 0 aliphatic heterocycles. The van der Waals surface area contributed by atoms with E-state index in [1.54, 1.807) is 10.6 Å². The summed E-state index contributed by atoms with van der Waals surface area (Å²) in [7, 11) is 1.51. The third kappa shape index (κ3) is 3.52. The topological polar surface area (TPSA) is 80.1 Å². The summed E-state index contributed by atoms with van der Waals surface area (Å²) in [5, 5.41) is 16.3. The molecule has 168 valence electrons. The summed E-state index contributed by atoms with van der Waals surface area (Å²) in [6.07, 6.45) is -1.32. The van der Waals surface area contributed by atoms with Crippen molar-refractivity contribution in [2.45, 2.75) is 31.9 Å². The zero-order valence-corrected chi connectivity index (χ0v) is 17.7. The molecule has 0 aliphatic carbocycles. The predicted octanol–water partition coefficient (Wildman–Crippen LogP) is 4.67. The standard InChI is InChI=1S/C23H22F3N3O3/c1-23(2,11-32-3)21-15(9-16(25)22(30)31)18-17(8-12-10-27-28-20(12)19(18)26)29(21)14-6-4-13(24)5-7-14/h4-8,10,16H,9,11H2,1-3H3,(H,27,28)(H,30,31)/t16-/m1/s1. The molecular weight excluding hydrogens is 423 g/mol. The third-order valence-corrected chi connectivity index (χ3v) is 5.59. The number of ether oxygens (including phenoxy) is 1. The number of carbonyl (C=O) groups is 1. The van der Waals surface area contributed by atoms with Gasteiger partial charge in [0.25, 0.3) is 0 Å². The van der Waals surface area contributed by atoms with Crippen molar-refractivity contribution < 1.29 is 27.8 Å². The maximum absolute atomic E-state index is 15.7. The molecule has 0 aliphatic rings. The maximum Gasteiger partial charge on any atom is 0.338 e. The third-order valence-electron chi connectivity index (χ3n) is 5.59. The van der Waals surface area contributed by atoms with Gasteiger partial charge in [0.1, 0.15) is 11.3 Å². The van der Waals surface area contributed by atoms with E-state index in [1.165, 1.54) is 37.6 Å². The monoisotopic (exact) mass is 445 g/mol. The number of hydrogen-bond donors (Lipinski definition) is 2. The molecule has 0 unspecified atom stereocenters. The minimum Gasteiger partial charge on any atom is -0.479 e. The van der Waals surface area contributed by atoms with Crippen molar-refractivity contribution in [2.75, 3.05) is 13.7 Å². The van der Waals surface area contributed by atoms with Crippen molar-refractivity contribution in [1.82, 2.24) is 14.8 Å². The van der Waals surface area contributed by atoms with E-state index in [0.717, 1.165) is 0 Å². The van der Waals surface area contributed by atoms with Crippen LogP contribution in [0.5, 0.6) is 0 Å². The Morgan fingerprint density at radius 3 is 2.59 bits per heavy atom. The number of aromatic amines is 1. The summed E-state index contributed by atoms with van der Waals surface area (Å²) in [5.74, 6) is -2.73. The number of aromatic nitrogens is 3. The summed E-state index contributed by atoms with van der Waals surface area (Å²) in [5.41, 5.74) is 0.995. The number of alkyl halides is 1. The zero-order chi connectivity index (χ0) is 23.2. The van der Waals surface area contributed by atoms with Crippen molar-refractivity contribution >= 4 is 27.8 Å². The van der Waals surface area contributed by atoms with E-state index in [-0.39, 0.29) is 23.1 Å². The Morgan fingerprint density at radius 1 is 1.28 bits per heavy atom. The average molecular weight is 445 g/mol. The van der Waals surface area contributed by atoms with E-state index in [0.29, 0.717) is 22.3 Å². The van der Waals surface area contributed by atoms with Gasteiger partial charge in [-0.25, -0.2) is 18.0 Å². The van der Waals surface area contributed by atoms with Crippen molar-refractivity contribution in [1.29, 1.82) is 0 Å². The van der Waals surface area contributed by atoms with Crippen LogP contribution in [0.25, 0.3) is 27.5 Å². The lowest BCUT2D eigenvalue weighted by molar-refractivity contribution is -0.142. The molecule has 0 bridgehead atoms. The molecule has 9 heteroatoms. The number of fused-ring (bicyclic) bond motifs is 2. The van der Waals surface area contributed by atoms with E-state index in [4.69, 9.17) is 4.74 Å². The summed E-state index contributed by atoms with van der Waals surface area (Å²) >= 11 is 0. The Bertz CT molecular complexity index is 1310. The molecule has 6 nitrogen and oxygen atoms in total. The molecule has 2 aromatic carbocycles.